The Hall–Kier alpha value is -1.84. The molecule has 1 aromatic carbocycles. The molecule has 19 heavy (non-hydrogen) atoms. The van der Waals surface area contributed by atoms with Crippen LogP contribution < -0.4 is 4.74 Å². The van der Waals surface area contributed by atoms with Crippen LogP contribution in [0.5, 0.6) is 5.75 Å². The summed E-state index contributed by atoms with van der Waals surface area (Å²) in [5.74, 6) is 0.112. The van der Waals surface area contributed by atoms with Crippen LogP contribution >= 0.6 is 0 Å². The van der Waals surface area contributed by atoms with Crippen molar-refractivity contribution in [3.05, 3.63) is 29.3 Å². The number of carbonyl (C=O) groups excluding carboxylic acids is 2. The molecule has 0 radical (unpaired) electrons. The number of hydrogen-bond donors (Lipinski definition) is 0. The first-order chi connectivity index (χ1) is 9.13. The number of benzene rings is 1. The van der Waals surface area contributed by atoms with E-state index in [-0.39, 0.29) is 12.2 Å². The number of Topliss-reactive ketones (excluding diaryl/α,β-unsaturated/α-hetero) is 1. The summed E-state index contributed by atoms with van der Waals surface area (Å²) >= 11 is 0. The van der Waals surface area contributed by atoms with E-state index in [1.807, 2.05) is 6.92 Å². The topological polar surface area (TPSA) is 52.6 Å². The minimum atomic E-state index is -0.445. The Labute approximate surface area is 113 Å². The summed E-state index contributed by atoms with van der Waals surface area (Å²) in [5, 5.41) is 0. The average molecular weight is 264 g/mol. The summed E-state index contributed by atoms with van der Waals surface area (Å²) in [4.78, 5) is 23.7. The van der Waals surface area contributed by atoms with Crippen molar-refractivity contribution in [2.45, 2.75) is 33.1 Å². The molecule has 4 nitrogen and oxygen atoms in total. The van der Waals surface area contributed by atoms with Crippen molar-refractivity contribution in [2.75, 3.05) is 13.7 Å². The highest BCUT2D eigenvalue weighted by molar-refractivity contribution is 5.96. The van der Waals surface area contributed by atoms with Gasteiger partial charge in [-0.15, -0.1) is 0 Å². The predicted octanol–water partition coefficient (Wildman–Crippen LogP) is 2.78. The molecule has 0 spiro atoms. The Balaban J connectivity index is 3.08. The minimum absolute atomic E-state index is 0.112. The first kappa shape index (κ1) is 15.2. The van der Waals surface area contributed by atoms with Crippen LogP contribution in [0.25, 0.3) is 0 Å². The molecule has 0 aliphatic rings. The molecule has 0 saturated heterocycles. The number of ketones is 1. The molecule has 104 valence electrons. The van der Waals surface area contributed by atoms with Crippen LogP contribution in [0, 0.1) is 0 Å². The zero-order chi connectivity index (χ0) is 14.3. The lowest BCUT2D eigenvalue weighted by Gasteiger charge is -2.12. The maximum atomic E-state index is 12.0. The van der Waals surface area contributed by atoms with E-state index in [2.05, 4.69) is 0 Å². The maximum Gasteiger partial charge on any atom is 0.342 e. The lowest BCUT2D eigenvalue weighted by Crippen LogP contribution is -2.13. The third-order valence-electron chi connectivity index (χ3n) is 2.73. The molecule has 0 aliphatic carbocycles. The first-order valence-electron chi connectivity index (χ1n) is 6.48. The second-order valence-electron chi connectivity index (χ2n) is 4.18. The lowest BCUT2D eigenvalue weighted by molar-refractivity contribution is -0.118. The number of methoxy groups -OCH3 is 1. The van der Waals surface area contributed by atoms with Gasteiger partial charge in [0.1, 0.15) is 17.1 Å². The van der Waals surface area contributed by atoms with Crippen molar-refractivity contribution in [1.29, 1.82) is 0 Å². The van der Waals surface area contributed by atoms with Crippen molar-refractivity contribution in [3.63, 3.8) is 0 Å². The summed E-state index contributed by atoms with van der Waals surface area (Å²) < 4.78 is 10.2. The molecule has 0 aliphatic heterocycles. The minimum Gasteiger partial charge on any atom is -0.496 e. The van der Waals surface area contributed by atoms with E-state index in [1.54, 1.807) is 25.1 Å². The van der Waals surface area contributed by atoms with Crippen LogP contribution in [0.1, 0.15) is 42.6 Å². The largest absolute Gasteiger partial charge is 0.496 e. The van der Waals surface area contributed by atoms with Gasteiger partial charge >= 0.3 is 5.97 Å². The molecule has 1 rings (SSSR count). The maximum absolute atomic E-state index is 12.0. The van der Waals surface area contributed by atoms with E-state index in [4.69, 9.17) is 9.47 Å². The van der Waals surface area contributed by atoms with Crippen molar-refractivity contribution in [2.24, 2.45) is 0 Å². The van der Waals surface area contributed by atoms with Crippen molar-refractivity contribution < 1.29 is 19.1 Å². The molecule has 0 N–H and O–H groups in total. The second-order valence-corrected chi connectivity index (χ2v) is 4.18. The van der Waals surface area contributed by atoms with Gasteiger partial charge in [0, 0.05) is 12.8 Å². The number of ether oxygens (including phenoxy) is 2. The summed E-state index contributed by atoms with van der Waals surface area (Å²) in [7, 11) is 1.50. The van der Waals surface area contributed by atoms with Crippen molar-refractivity contribution >= 4 is 11.8 Å². The lowest BCUT2D eigenvalue weighted by atomic mass is 9.99. The third kappa shape index (κ3) is 4.09. The fourth-order valence-electron chi connectivity index (χ4n) is 1.91. The fraction of sp³-hybridized carbons (Fsp3) is 0.467. The monoisotopic (exact) mass is 264 g/mol. The van der Waals surface area contributed by atoms with E-state index in [1.165, 1.54) is 7.11 Å². The van der Waals surface area contributed by atoms with Crippen LogP contribution in [0.2, 0.25) is 0 Å². The molecule has 4 heteroatoms. The number of carbonyl (C=O) groups is 2. The van der Waals surface area contributed by atoms with Gasteiger partial charge in [-0.25, -0.2) is 4.79 Å². The second kappa shape index (κ2) is 7.56. The molecule has 0 amide bonds. The zero-order valence-corrected chi connectivity index (χ0v) is 11.7. The Bertz CT molecular complexity index is 451. The Morgan fingerprint density at radius 3 is 2.53 bits per heavy atom. The smallest absolute Gasteiger partial charge is 0.342 e. The summed E-state index contributed by atoms with van der Waals surface area (Å²) in [6.07, 6.45) is 1.55. The van der Waals surface area contributed by atoms with Gasteiger partial charge in [-0.2, -0.15) is 0 Å². The highest BCUT2D eigenvalue weighted by Gasteiger charge is 2.19. The Kier molecular flexibility index (Phi) is 6.06. The van der Waals surface area contributed by atoms with Crippen LogP contribution in [-0.4, -0.2) is 25.5 Å². The summed E-state index contributed by atoms with van der Waals surface area (Å²) in [6, 6.07) is 5.23. The molecule has 0 fully saturated rings. The standard InChI is InChI=1S/C15H20O4/c1-4-7-12(16)10-11-8-6-9-13(18-3)14(11)15(17)19-5-2/h6,8-9H,4-5,7,10H2,1-3H3. The van der Waals surface area contributed by atoms with Crippen LogP contribution in [-0.2, 0) is 16.0 Å². The van der Waals surface area contributed by atoms with E-state index < -0.39 is 5.97 Å². The molecule has 0 unspecified atom stereocenters. The Morgan fingerprint density at radius 1 is 1.21 bits per heavy atom. The quantitative estimate of drug-likeness (QED) is 0.711. The Morgan fingerprint density at radius 2 is 1.95 bits per heavy atom. The molecule has 1 aromatic rings. The summed E-state index contributed by atoms with van der Waals surface area (Å²) in [5.41, 5.74) is 1.02. The van der Waals surface area contributed by atoms with Crippen LogP contribution in [0.3, 0.4) is 0 Å². The molecule has 0 saturated carbocycles. The highest BCUT2D eigenvalue weighted by Crippen LogP contribution is 2.24. The average Bonchev–Trinajstić information content (AvgIpc) is 2.38. The van der Waals surface area contributed by atoms with Gasteiger partial charge in [0.2, 0.25) is 0 Å². The number of esters is 1. The zero-order valence-electron chi connectivity index (χ0n) is 11.7. The molecule has 0 aromatic heterocycles. The SMILES string of the molecule is CCCC(=O)Cc1cccc(OC)c1C(=O)OCC. The van der Waals surface area contributed by atoms with Gasteiger partial charge in [-0.05, 0) is 25.0 Å². The van der Waals surface area contributed by atoms with Crippen LogP contribution in [0.4, 0.5) is 0 Å². The van der Waals surface area contributed by atoms with Crippen LogP contribution in [0.15, 0.2) is 18.2 Å². The number of rotatable bonds is 7. The van der Waals surface area contributed by atoms with Gasteiger partial charge in [0.25, 0.3) is 0 Å². The van der Waals surface area contributed by atoms with Gasteiger partial charge in [0.05, 0.1) is 13.7 Å². The van der Waals surface area contributed by atoms with Gasteiger partial charge < -0.3 is 9.47 Å². The molecule has 0 atom stereocenters. The van der Waals surface area contributed by atoms with Gasteiger partial charge in [0.15, 0.2) is 0 Å². The van der Waals surface area contributed by atoms with E-state index in [9.17, 15) is 9.59 Å². The normalized spacial score (nSPS) is 10.1. The fourth-order valence-corrected chi connectivity index (χ4v) is 1.91. The predicted molar refractivity (Wildman–Crippen MR) is 72.6 cm³/mol. The molecule has 0 bridgehead atoms. The summed E-state index contributed by atoms with van der Waals surface area (Å²) in [6.45, 7) is 3.99. The third-order valence-corrected chi connectivity index (χ3v) is 2.73. The van der Waals surface area contributed by atoms with E-state index in [0.717, 1.165) is 6.42 Å². The highest BCUT2D eigenvalue weighted by atomic mass is 16.5. The molecule has 0 heterocycles. The molecular weight excluding hydrogens is 244 g/mol. The van der Waals surface area contributed by atoms with Crippen molar-refractivity contribution in [1.82, 2.24) is 0 Å². The number of hydrogen-bond acceptors (Lipinski definition) is 4. The van der Waals surface area contributed by atoms with Gasteiger partial charge in [-0.1, -0.05) is 19.1 Å². The molecular formula is C15H20O4. The van der Waals surface area contributed by atoms with E-state index >= 15 is 0 Å². The van der Waals surface area contributed by atoms with Crippen molar-refractivity contribution in [3.8, 4) is 5.75 Å². The first-order valence-corrected chi connectivity index (χ1v) is 6.48. The van der Waals surface area contributed by atoms with Gasteiger partial charge in [-0.3, -0.25) is 4.79 Å². The van der Waals surface area contributed by atoms with E-state index in [0.29, 0.717) is 29.9 Å².